The van der Waals surface area contributed by atoms with Crippen LogP contribution in [-0.2, 0) is 6.42 Å². The molecule has 0 aliphatic carbocycles. The summed E-state index contributed by atoms with van der Waals surface area (Å²) in [6.07, 6.45) is 1.67. The topological polar surface area (TPSA) is 76.2 Å². The van der Waals surface area contributed by atoms with Gasteiger partial charge >= 0.3 is 5.97 Å². The number of hydrogen-bond donors (Lipinski definition) is 1. The molecule has 0 aliphatic heterocycles. The lowest BCUT2D eigenvalue weighted by molar-refractivity contribution is 0.0697. The Hall–Kier alpha value is -2.17. The summed E-state index contributed by atoms with van der Waals surface area (Å²) < 4.78 is 5.53. The lowest BCUT2D eigenvalue weighted by atomic mass is 10.1. The molecule has 1 N–H and O–H groups in total. The fourth-order valence-electron chi connectivity index (χ4n) is 1.73. The minimum atomic E-state index is -1.00. The summed E-state index contributed by atoms with van der Waals surface area (Å²) in [6, 6.07) is 6.61. The number of aromatic carboxylic acids is 1. The third kappa shape index (κ3) is 3.19. The summed E-state index contributed by atoms with van der Waals surface area (Å²) in [4.78, 5) is 11.1. The zero-order chi connectivity index (χ0) is 13.8. The molecular formula is C14H16N2O3. The molecule has 0 saturated carbocycles. The average molecular weight is 260 g/mol. The van der Waals surface area contributed by atoms with E-state index in [-0.39, 0.29) is 11.5 Å². The number of carboxylic acids is 1. The molecule has 1 heterocycles. The number of hydrogen-bond acceptors (Lipinski definition) is 4. The zero-order valence-electron chi connectivity index (χ0n) is 11.0. The van der Waals surface area contributed by atoms with Crippen LogP contribution in [0, 0.1) is 5.92 Å². The van der Waals surface area contributed by atoms with E-state index in [2.05, 4.69) is 24.0 Å². The minimum absolute atomic E-state index is 0.168. The van der Waals surface area contributed by atoms with Crippen LogP contribution >= 0.6 is 0 Å². The van der Waals surface area contributed by atoms with Gasteiger partial charge in [-0.05, 0) is 24.5 Å². The summed E-state index contributed by atoms with van der Waals surface area (Å²) in [5.74, 6) is 0.361. The van der Waals surface area contributed by atoms with Gasteiger partial charge in [0.1, 0.15) is 0 Å². The van der Waals surface area contributed by atoms with Crippen LogP contribution in [0.15, 0.2) is 28.7 Å². The molecule has 5 heteroatoms. The van der Waals surface area contributed by atoms with Crippen LogP contribution in [0.2, 0.25) is 0 Å². The van der Waals surface area contributed by atoms with Crippen molar-refractivity contribution in [3.8, 4) is 11.5 Å². The molecule has 0 unspecified atom stereocenters. The van der Waals surface area contributed by atoms with Crippen molar-refractivity contribution in [1.29, 1.82) is 0 Å². The van der Waals surface area contributed by atoms with Gasteiger partial charge in [0.15, 0.2) is 0 Å². The van der Waals surface area contributed by atoms with Crippen molar-refractivity contribution in [2.45, 2.75) is 26.7 Å². The monoisotopic (exact) mass is 260 g/mol. The first-order chi connectivity index (χ1) is 9.08. The summed E-state index contributed by atoms with van der Waals surface area (Å²) in [5, 5.41) is 17.0. The van der Waals surface area contributed by atoms with Crippen LogP contribution < -0.4 is 0 Å². The molecule has 0 amide bonds. The molecule has 1 aromatic heterocycles. The zero-order valence-corrected chi connectivity index (χ0v) is 11.0. The lowest BCUT2D eigenvalue weighted by Crippen LogP contribution is -1.99. The second-order valence-electron chi connectivity index (χ2n) is 4.78. The number of carbonyl (C=O) groups is 1. The maximum Gasteiger partial charge on any atom is 0.336 e. The van der Waals surface area contributed by atoms with Gasteiger partial charge < -0.3 is 9.52 Å². The third-order valence-electron chi connectivity index (χ3n) is 2.79. The first-order valence-electron chi connectivity index (χ1n) is 6.23. The first-order valence-corrected chi connectivity index (χ1v) is 6.23. The van der Waals surface area contributed by atoms with Crippen LogP contribution in [0.5, 0.6) is 0 Å². The van der Waals surface area contributed by atoms with Gasteiger partial charge in [-0.3, -0.25) is 0 Å². The Labute approximate surface area is 111 Å². The first kappa shape index (κ1) is 13.3. The Kier molecular flexibility index (Phi) is 3.94. The molecule has 0 saturated heterocycles. The quantitative estimate of drug-likeness (QED) is 0.894. The van der Waals surface area contributed by atoms with Crippen molar-refractivity contribution in [3.05, 3.63) is 35.7 Å². The van der Waals surface area contributed by atoms with Crippen LogP contribution in [0.1, 0.15) is 36.5 Å². The normalized spacial score (nSPS) is 10.9. The van der Waals surface area contributed by atoms with Gasteiger partial charge in [0.2, 0.25) is 11.8 Å². The lowest BCUT2D eigenvalue weighted by Gasteiger charge is -2.01. The van der Waals surface area contributed by atoms with Crippen molar-refractivity contribution in [2.24, 2.45) is 5.92 Å². The van der Waals surface area contributed by atoms with Crippen molar-refractivity contribution in [1.82, 2.24) is 10.2 Å². The van der Waals surface area contributed by atoms with Gasteiger partial charge in [-0.1, -0.05) is 26.0 Å². The fourth-order valence-corrected chi connectivity index (χ4v) is 1.73. The molecule has 0 radical (unpaired) electrons. The Morgan fingerprint density at radius 3 is 2.74 bits per heavy atom. The molecule has 0 fully saturated rings. The van der Waals surface area contributed by atoms with Gasteiger partial charge in [-0.15, -0.1) is 10.2 Å². The number of carboxylic acid groups (broad SMARTS) is 1. The maximum atomic E-state index is 11.1. The van der Waals surface area contributed by atoms with E-state index in [4.69, 9.17) is 9.52 Å². The van der Waals surface area contributed by atoms with Gasteiger partial charge in [0.25, 0.3) is 0 Å². The molecule has 5 nitrogen and oxygen atoms in total. The molecule has 1 aromatic carbocycles. The molecular weight excluding hydrogens is 244 g/mol. The molecule has 0 spiro atoms. The third-order valence-corrected chi connectivity index (χ3v) is 2.79. The molecule has 0 atom stereocenters. The fraction of sp³-hybridized carbons (Fsp3) is 0.357. The Balaban J connectivity index is 2.25. The average Bonchev–Trinajstić information content (AvgIpc) is 2.85. The van der Waals surface area contributed by atoms with E-state index in [1.54, 1.807) is 18.2 Å². The molecule has 0 bridgehead atoms. The van der Waals surface area contributed by atoms with Gasteiger partial charge in [0.05, 0.1) is 11.1 Å². The number of rotatable bonds is 5. The second-order valence-corrected chi connectivity index (χ2v) is 4.78. The van der Waals surface area contributed by atoms with Crippen LogP contribution in [0.3, 0.4) is 0 Å². The number of aryl methyl sites for hydroxylation is 1. The van der Waals surface area contributed by atoms with Crippen molar-refractivity contribution >= 4 is 5.97 Å². The van der Waals surface area contributed by atoms with Gasteiger partial charge in [0, 0.05) is 6.42 Å². The van der Waals surface area contributed by atoms with Gasteiger partial charge in [-0.2, -0.15) is 0 Å². The number of aromatic nitrogens is 2. The van der Waals surface area contributed by atoms with Crippen molar-refractivity contribution in [3.63, 3.8) is 0 Å². The predicted molar refractivity (Wildman–Crippen MR) is 69.9 cm³/mol. The molecule has 2 aromatic rings. The van der Waals surface area contributed by atoms with E-state index in [0.717, 1.165) is 6.42 Å². The summed E-state index contributed by atoms with van der Waals surface area (Å²) in [6.45, 7) is 4.24. The predicted octanol–water partition coefficient (Wildman–Crippen LogP) is 3.02. The highest BCUT2D eigenvalue weighted by Crippen LogP contribution is 2.23. The summed E-state index contributed by atoms with van der Waals surface area (Å²) in [7, 11) is 0. The van der Waals surface area contributed by atoms with E-state index in [9.17, 15) is 4.79 Å². The number of benzene rings is 1. The summed E-state index contributed by atoms with van der Waals surface area (Å²) in [5.41, 5.74) is 0.625. The largest absolute Gasteiger partial charge is 0.478 e. The SMILES string of the molecule is CC(C)CCc1nnc(-c2ccccc2C(=O)O)o1. The highest BCUT2D eigenvalue weighted by Gasteiger charge is 2.16. The Bertz CT molecular complexity index is 576. The van der Waals surface area contributed by atoms with Crippen molar-refractivity contribution < 1.29 is 14.3 Å². The molecule has 0 aliphatic rings. The number of nitrogens with zero attached hydrogens (tertiary/aromatic N) is 2. The van der Waals surface area contributed by atoms with Gasteiger partial charge in [-0.25, -0.2) is 4.79 Å². The smallest absolute Gasteiger partial charge is 0.336 e. The van der Waals surface area contributed by atoms with Crippen LogP contribution in [0.25, 0.3) is 11.5 Å². The highest BCUT2D eigenvalue weighted by molar-refractivity contribution is 5.94. The van der Waals surface area contributed by atoms with E-state index in [1.165, 1.54) is 6.07 Å². The van der Waals surface area contributed by atoms with Crippen LogP contribution in [-0.4, -0.2) is 21.3 Å². The van der Waals surface area contributed by atoms with Crippen LogP contribution in [0.4, 0.5) is 0 Å². The Morgan fingerprint density at radius 2 is 2.05 bits per heavy atom. The maximum absolute atomic E-state index is 11.1. The highest BCUT2D eigenvalue weighted by atomic mass is 16.4. The molecule has 2 rings (SSSR count). The Morgan fingerprint density at radius 1 is 1.32 bits per heavy atom. The van der Waals surface area contributed by atoms with E-state index in [1.807, 2.05) is 0 Å². The van der Waals surface area contributed by atoms with E-state index < -0.39 is 5.97 Å². The second kappa shape index (κ2) is 5.65. The van der Waals surface area contributed by atoms with E-state index >= 15 is 0 Å². The van der Waals surface area contributed by atoms with Crippen molar-refractivity contribution in [2.75, 3.05) is 0 Å². The molecule has 100 valence electrons. The molecule has 19 heavy (non-hydrogen) atoms. The summed E-state index contributed by atoms with van der Waals surface area (Å²) >= 11 is 0. The standard InChI is InChI=1S/C14H16N2O3/c1-9(2)7-8-12-15-16-13(19-12)10-5-3-4-6-11(10)14(17)18/h3-6,9H,7-8H2,1-2H3,(H,17,18). The minimum Gasteiger partial charge on any atom is -0.478 e. The van der Waals surface area contributed by atoms with E-state index in [0.29, 0.717) is 23.8 Å².